The first-order valence-corrected chi connectivity index (χ1v) is 5.90. The lowest BCUT2D eigenvalue weighted by Gasteiger charge is -2.07. The number of aryl methyl sites for hydroxylation is 1. The summed E-state index contributed by atoms with van der Waals surface area (Å²) in [5.74, 6) is 0. The SMILES string of the molecule is Cc1ccc(Cl)c(NCc2nccs2)c1. The van der Waals surface area contributed by atoms with E-state index >= 15 is 0 Å². The molecule has 0 fully saturated rings. The van der Waals surface area contributed by atoms with Gasteiger partial charge in [0.15, 0.2) is 0 Å². The summed E-state index contributed by atoms with van der Waals surface area (Å²) in [5, 5.41) is 7.05. The van der Waals surface area contributed by atoms with Crippen molar-refractivity contribution in [2.45, 2.75) is 13.5 Å². The molecule has 0 aliphatic rings. The van der Waals surface area contributed by atoms with Crippen molar-refractivity contribution < 1.29 is 0 Å². The molecule has 0 aliphatic heterocycles. The maximum atomic E-state index is 6.06. The fourth-order valence-electron chi connectivity index (χ4n) is 1.29. The largest absolute Gasteiger partial charge is 0.377 e. The fourth-order valence-corrected chi connectivity index (χ4v) is 2.03. The number of halogens is 1. The lowest BCUT2D eigenvalue weighted by molar-refractivity contribution is 1.10. The normalized spacial score (nSPS) is 10.3. The van der Waals surface area contributed by atoms with E-state index in [0.717, 1.165) is 22.3 Å². The quantitative estimate of drug-likeness (QED) is 0.882. The van der Waals surface area contributed by atoms with Crippen molar-refractivity contribution in [2.75, 3.05) is 5.32 Å². The van der Waals surface area contributed by atoms with Crippen LogP contribution in [0.2, 0.25) is 5.02 Å². The van der Waals surface area contributed by atoms with Crippen molar-refractivity contribution in [3.8, 4) is 0 Å². The molecule has 78 valence electrons. The minimum absolute atomic E-state index is 0.723. The summed E-state index contributed by atoms with van der Waals surface area (Å²) in [6.07, 6.45) is 1.81. The van der Waals surface area contributed by atoms with Gasteiger partial charge >= 0.3 is 0 Å². The van der Waals surface area contributed by atoms with Crippen molar-refractivity contribution in [2.24, 2.45) is 0 Å². The van der Waals surface area contributed by atoms with Crippen LogP contribution >= 0.6 is 22.9 Å². The van der Waals surface area contributed by atoms with Gasteiger partial charge in [0, 0.05) is 11.6 Å². The van der Waals surface area contributed by atoms with Gasteiger partial charge in [0.25, 0.3) is 0 Å². The maximum absolute atomic E-state index is 6.06. The van der Waals surface area contributed by atoms with E-state index in [1.54, 1.807) is 17.5 Å². The molecule has 0 radical (unpaired) electrons. The van der Waals surface area contributed by atoms with Crippen LogP contribution in [0.5, 0.6) is 0 Å². The van der Waals surface area contributed by atoms with Crippen molar-refractivity contribution in [3.05, 3.63) is 45.4 Å². The average molecular weight is 239 g/mol. The second-order valence-corrected chi connectivity index (χ2v) is 4.65. The van der Waals surface area contributed by atoms with Gasteiger partial charge in [0.1, 0.15) is 5.01 Å². The van der Waals surface area contributed by atoms with Crippen molar-refractivity contribution in [3.63, 3.8) is 0 Å². The van der Waals surface area contributed by atoms with E-state index in [1.807, 2.05) is 30.5 Å². The summed E-state index contributed by atoms with van der Waals surface area (Å²) < 4.78 is 0. The predicted molar refractivity (Wildman–Crippen MR) is 65.6 cm³/mol. The van der Waals surface area contributed by atoms with E-state index < -0.39 is 0 Å². The lowest BCUT2D eigenvalue weighted by atomic mass is 10.2. The topological polar surface area (TPSA) is 24.9 Å². The van der Waals surface area contributed by atoms with E-state index in [2.05, 4.69) is 10.3 Å². The lowest BCUT2D eigenvalue weighted by Crippen LogP contribution is -1.99. The minimum atomic E-state index is 0.723. The summed E-state index contributed by atoms with van der Waals surface area (Å²) in [5.41, 5.74) is 2.16. The zero-order valence-corrected chi connectivity index (χ0v) is 9.90. The number of benzene rings is 1. The first-order chi connectivity index (χ1) is 7.25. The van der Waals surface area contributed by atoms with E-state index in [1.165, 1.54) is 5.56 Å². The molecule has 0 spiro atoms. The van der Waals surface area contributed by atoms with Crippen LogP contribution in [0.4, 0.5) is 5.69 Å². The molecule has 4 heteroatoms. The van der Waals surface area contributed by atoms with Gasteiger partial charge < -0.3 is 5.32 Å². The molecule has 1 N–H and O–H groups in total. The third-order valence-corrected chi connectivity index (χ3v) is 3.14. The second-order valence-electron chi connectivity index (χ2n) is 3.26. The van der Waals surface area contributed by atoms with E-state index in [9.17, 15) is 0 Å². The molecule has 1 aromatic carbocycles. The summed E-state index contributed by atoms with van der Waals surface area (Å²) in [6, 6.07) is 5.94. The molecule has 2 nitrogen and oxygen atoms in total. The Morgan fingerprint density at radius 2 is 2.33 bits per heavy atom. The molecule has 2 rings (SSSR count). The summed E-state index contributed by atoms with van der Waals surface area (Å²) in [6.45, 7) is 2.77. The van der Waals surface area contributed by atoms with E-state index in [0.29, 0.717) is 0 Å². The van der Waals surface area contributed by atoms with Crippen molar-refractivity contribution in [1.29, 1.82) is 0 Å². The molecule has 0 atom stereocenters. The van der Waals surface area contributed by atoms with Crippen LogP contribution in [0.1, 0.15) is 10.6 Å². The Morgan fingerprint density at radius 1 is 1.47 bits per heavy atom. The zero-order chi connectivity index (χ0) is 10.7. The minimum Gasteiger partial charge on any atom is -0.377 e. The van der Waals surface area contributed by atoms with Crippen molar-refractivity contribution >= 4 is 28.6 Å². The molecule has 2 aromatic rings. The Labute approximate surface area is 97.9 Å². The molecule has 15 heavy (non-hydrogen) atoms. The van der Waals surface area contributed by atoms with Gasteiger partial charge in [-0.15, -0.1) is 11.3 Å². The van der Waals surface area contributed by atoms with Crippen LogP contribution in [-0.4, -0.2) is 4.98 Å². The van der Waals surface area contributed by atoms with E-state index in [4.69, 9.17) is 11.6 Å². The van der Waals surface area contributed by atoms with Gasteiger partial charge in [-0.3, -0.25) is 0 Å². The van der Waals surface area contributed by atoms with Gasteiger partial charge in [0.05, 0.1) is 17.3 Å². The number of rotatable bonds is 3. The number of hydrogen-bond donors (Lipinski definition) is 1. The van der Waals surface area contributed by atoms with Gasteiger partial charge in [-0.25, -0.2) is 4.98 Å². The number of aromatic nitrogens is 1. The Morgan fingerprint density at radius 3 is 3.07 bits per heavy atom. The average Bonchev–Trinajstić information content (AvgIpc) is 2.72. The van der Waals surface area contributed by atoms with Crippen LogP contribution in [-0.2, 0) is 6.54 Å². The molecular weight excluding hydrogens is 228 g/mol. The third-order valence-electron chi connectivity index (χ3n) is 2.04. The molecule has 0 amide bonds. The van der Waals surface area contributed by atoms with Crippen LogP contribution in [0.25, 0.3) is 0 Å². The van der Waals surface area contributed by atoms with Gasteiger partial charge in [-0.2, -0.15) is 0 Å². The maximum Gasteiger partial charge on any atom is 0.112 e. The zero-order valence-electron chi connectivity index (χ0n) is 8.33. The van der Waals surface area contributed by atoms with Crippen LogP contribution in [0, 0.1) is 6.92 Å². The fraction of sp³-hybridized carbons (Fsp3) is 0.182. The second kappa shape index (κ2) is 4.64. The van der Waals surface area contributed by atoms with E-state index in [-0.39, 0.29) is 0 Å². The first-order valence-electron chi connectivity index (χ1n) is 4.64. The van der Waals surface area contributed by atoms with Crippen LogP contribution in [0.15, 0.2) is 29.8 Å². The molecule has 0 aliphatic carbocycles. The summed E-state index contributed by atoms with van der Waals surface area (Å²) in [4.78, 5) is 4.20. The highest BCUT2D eigenvalue weighted by atomic mass is 35.5. The Balaban J connectivity index is 2.07. The standard InChI is InChI=1S/C11H11ClN2S/c1-8-2-3-9(12)10(6-8)14-7-11-13-4-5-15-11/h2-6,14H,7H2,1H3. The number of nitrogens with zero attached hydrogens (tertiary/aromatic N) is 1. The molecular formula is C11H11ClN2S. The van der Waals surface area contributed by atoms with Gasteiger partial charge in [-0.1, -0.05) is 17.7 Å². The molecule has 0 saturated heterocycles. The summed E-state index contributed by atoms with van der Waals surface area (Å²) in [7, 11) is 0. The Kier molecular flexibility index (Phi) is 3.23. The summed E-state index contributed by atoms with van der Waals surface area (Å²) >= 11 is 7.69. The highest BCUT2D eigenvalue weighted by molar-refractivity contribution is 7.09. The van der Waals surface area contributed by atoms with Gasteiger partial charge in [-0.05, 0) is 24.6 Å². The number of hydrogen-bond acceptors (Lipinski definition) is 3. The highest BCUT2D eigenvalue weighted by Gasteiger charge is 2.01. The number of anilines is 1. The predicted octanol–water partition coefficient (Wildman–Crippen LogP) is 3.72. The smallest absolute Gasteiger partial charge is 0.112 e. The van der Waals surface area contributed by atoms with Gasteiger partial charge in [0.2, 0.25) is 0 Å². The Hall–Kier alpha value is -1.06. The van der Waals surface area contributed by atoms with Crippen LogP contribution in [0.3, 0.4) is 0 Å². The van der Waals surface area contributed by atoms with Crippen LogP contribution < -0.4 is 5.32 Å². The number of thiazole rings is 1. The number of nitrogens with one attached hydrogen (secondary N) is 1. The monoisotopic (exact) mass is 238 g/mol. The molecule has 1 aromatic heterocycles. The molecule has 0 unspecified atom stereocenters. The Bertz CT molecular complexity index is 440. The first kappa shape index (κ1) is 10.5. The highest BCUT2D eigenvalue weighted by Crippen LogP contribution is 2.23. The molecule has 0 bridgehead atoms. The molecule has 0 saturated carbocycles. The molecule has 1 heterocycles. The third kappa shape index (κ3) is 2.70. The van der Waals surface area contributed by atoms with Crippen molar-refractivity contribution in [1.82, 2.24) is 4.98 Å².